The third kappa shape index (κ3) is 1.74. The summed E-state index contributed by atoms with van der Waals surface area (Å²) in [6.45, 7) is 0. The highest BCUT2D eigenvalue weighted by molar-refractivity contribution is 6.07. The van der Waals surface area contributed by atoms with Crippen LogP contribution in [0.5, 0.6) is 0 Å². The maximum Gasteiger partial charge on any atom is 0.142 e. The van der Waals surface area contributed by atoms with Crippen molar-refractivity contribution in [2.75, 3.05) is 0 Å². The lowest BCUT2D eigenvalue weighted by atomic mass is 10.1. The van der Waals surface area contributed by atoms with Crippen LogP contribution >= 0.6 is 0 Å². The molecule has 0 N–H and O–H groups in total. The zero-order valence-electron chi connectivity index (χ0n) is 9.92. The van der Waals surface area contributed by atoms with Crippen molar-refractivity contribution in [1.82, 2.24) is 0 Å². The molecule has 0 aliphatic rings. The lowest BCUT2D eigenvalue weighted by Crippen LogP contribution is -1.77. The molecule has 0 saturated heterocycles. The Morgan fingerprint density at radius 1 is 0.947 bits per heavy atom. The summed E-state index contributed by atoms with van der Waals surface area (Å²) < 4.78 is 5.81. The normalized spacial score (nSPS) is 10.0. The molecule has 0 amide bonds. The summed E-state index contributed by atoms with van der Waals surface area (Å²) in [7, 11) is 0. The minimum atomic E-state index is 0.0629. The van der Waals surface area contributed by atoms with Crippen LogP contribution in [0.15, 0.2) is 52.5 Å². The van der Waals surface area contributed by atoms with Gasteiger partial charge < -0.3 is 4.42 Å². The van der Waals surface area contributed by atoms with Gasteiger partial charge in [-0.05, 0) is 12.1 Å². The molecule has 88 valence electrons. The molecule has 3 aromatic rings. The molecule has 0 unspecified atom stereocenters. The topological polar surface area (TPSA) is 60.7 Å². The van der Waals surface area contributed by atoms with E-state index in [9.17, 15) is 0 Å². The predicted octanol–water partition coefficient (Wildman–Crippen LogP) is 4.02. The summed E-state index contributed by atoms with van der Waals surface area (Å²) in [5.41, 5.74) is 2.31. The molecule has 0 radical (unpaired) electrons. The van der Waals surface area contributed by atoms with Crippen LogP contribution in [0.2, 0.25) is 0 Å². The van der Waals surface area contributed by atoms with Gasteiger partial charge in [0.2, 0.25) is 0 Å². The average Bonchev–Trinajstić information content (AvgIpc) is 2.84. The zero-order valence-corrected chi connectivity index (χ0v) is 9.92. The Bertz CT molecular complexity index is 872. The molecule has 0 bridgehead atoms. The fourth-order valence-corrected chi connectivity index (χ4v) is 2.13. The molecule has 0 aliphatic heterocycles. The number of nitrogens with zero attached hydrogens (tertiary/aromatic N) is 2. The third-order valence-corrected chi connectivity index (χ3v) is 2.98. The first-order valence-electron chi connectivity index (χ1n) is 5.75. The first-order chi connectivity index (χ1) is 9.33. The van der Waals surface area contributed by atoms with Crippen LogP contribution in [-0.2, 0) is 0 Å². The molecular formula is C16H8N2O. The Labute approximate surface area is 109 Å². The number of hydrogen-bond donors (Lipinski definition) is 0. The smallest absolute Gasteiger partial charge is 0.142 e. The summed E-state index contributed by atoms with van der Waals surface area (Å²) >= 11 is 0. The van der Waals surface area contributed by atoms with Crippen molar-refractivity contribution in [1.29, 1.82) is 10.5 Å². The number of benzene rings is 2. The Balaban J connectivity index is 2.37. The van der Waals surface area contributed by atoms with Crippen LogP contribution in [0.25, 0.3) is 28.0 Å². The van der Waals surface area contributed by atoms with E-state index in [1.807, 2.05) is 54.6 Å². The van der Waals surface area contributed by atoms with E-state index >= 15 is 0 Å². The molecule has 19 heavy (non-hydrogen) atoms. The molecule has 3 rings (SSSR count). The van der Waals surface area contributed by atoms with Crippen molar-refractivity contribution < 1.29 is 4.42 Å². The van der Waals surface area contributed by atoms with Gasteiger partial charge in [-0.3, -0.25) is 0 Å². The molecule has 3 heteroatoms. The maximum absolute atomic E-state index is 8.83. The molecule has 0 saturated carbocycles. The van der Waals surface area contributed by atoms with E-state index in [2.05, 4.69) is 0 Å². The standard InChI is InChI=1S/C16H8N2O/c17-9-11(10-18)8-12-4-3-6-14-13-5-1-2-7-15(13)19-16(12)14/h1-8H. The number of fused-ring (bicyclic) bond motifs is 3. The summed E-state index contributed by atoms with van der Waals surface area (Å²) in [4.78, 5) is 0. The lowest BCUT2D eigenvalue weighted by Gasteiger charge is -1.94. The summed E-state index contributed by atoms with van der Waals surface area (Å²) in [5.74, 6) is 0. The van der Waals surface area contributed by atoms with Crippen LogP contribution in [0, 0.1) is 22.7 Å². The van der Waals surface area contributed by atoms with Crippen LogP contribution in [0.3, 0.4) is 0 Å². The van der Waals surface area contributed by atoms with Crippen molar-refractivity contribution in [3.8, 4) is 12.1 Å². The first-order valence-corrected chi connectivity index (χ1v) is 5.75. The second kappa shape index (κ2) is 4.33. The number of para-hydroxylation sites is 2. The minimum Gasteiger partial charge on any atom is -0.455 e. The van der Waals surface area contributed by atoms with E-state index in [4.69, 9.17) is 14.9 Å². The van der Waals surface area contributed by atoms with Gasteiger partial charge in [-0.25, -0.2) is 0 Å². The van der Waals surface area contributed by atoms with Gasteiger partial charge in [-0.1, -0.05) is 36.4 Å². The summed E-state index contributed by atoms with van der Waals surface area (Å²) in [6.07, 6.45) is 1.55. The SMILES string of the molecule is N#CC(C#N)=Cc1cccc2c1oc1ccccc12. The van der Waals surface area contributed by atoms with Crippen molar-refractivity contribution in [3.63, 3.8) is 0 Å². The highest BCUT2D eigenvalue weighted by Gasteiger charge is 2.09. The zero-order chi connectivity index (χ0) is 13.2. The van der Waals surface area contributed by atoms with Crippen molar-refractivity contribution in [3.05, 3.63) is 53.6 Å². The van der Waals surface area contributed by atoms with E-state index in [0.717, 1.165) is 21.9 Å². The number of furan rings is 1. The van der Waals surface area contributed by atoms with E-state index in [1.165, 1.54) is 0 Å². The average molecular weight is 244 g/mol. The van der Waals surface area contributed by atoms with Crippen LogP contribution in [0.1, 0.15) is 5.56 Å². The maximum atomic E-state index is 8.83. The molecule has 1 aromatic heterocycles. The lowest BCUT2D eigenvalue weighted by molar-refractivity contribution is 0.668. The molecule has 3 nitrogen and oxygen atoms in total. The van der Waals surface area contributed by atoms with Gasteiger partial charge in [-0.15, -0.1) is 0 Å². The quantitative estimate of drug-likeness (QED) is 0.607. The summed E-state index contributed by atoms with van der Waals surface area (Å²) in [6, 6.07) is 17.2. The second-order valence-electron chi connectivity index (χ2n) is 4.10. The third-order valence-electron chi connectivity index (χ3n) is 2.98. The highest BCUT2D eigenvalue weighted by atomic mass is 16.3. The van der Waals surface area contributed by atoms with Gasteiger partial charge in [0.15, 0.2) is 0 Å². The van der Waals surface area contributed by atoms with Crippen molar-refractivity contribution in [2.24, 2.45) is 0 Å². The number of nitriles is 2. The van der Waals surface area contributed by atoms with Gasteiger partial charge in [0, 0.05) is 16.3 Å². The molecule has 0 aliphatic carbocycles. The van der Waals surface area contributed by atoms with Gasteiger partial charge in [0.25, 0.3) is 0 Å². The van der Waals surface area contributed by atoms with Gasteiger partial charge >= 0.3 is 0 Å². The van der Waals surface area contributed by atoms with Gasteiger partial charge in [0.1, 0.15) is 28.9 Å². The molecule has 0 fully saturated rings. The summed E-state index contributed by atoms with van der Waals surface area (Å²) in [5, 5.41) is 19.7. The Kier molecular flexibility index (Phi) is 2.52. The van der Waals surface area contributed by atoms with Crippen LogP contribution < -0.4 is 0 Å². The van der Waals surface area contributed by atoms with E-state index < -0.39 is 0 Å². The molecule has 2 aromatic carbocycles. The Hall–Kier alpha value is -3.04. The van der Waals surface area contributed by atoms with E-state index in [1.54, 1.807) is 6.08 Å². The molecule has 1 heterocycles. The number of hydrogen-bond acceptors (Lipinski definition) is 3. The van der Waals surface area contributed by atoms with Crippen LogP contribution in [0.4, 0.5) is 0 Å². The molecule has 0 atom stereocenters. The fraction of sp³-hybridized carbons (Fsp3) is 0. The Morgan fingerprint density at radius 3 is 2.47 bits per heavy atom. The van der Waals surface area contributed by atoms with Gasteiger partial charge in [0.05, 0.1) is 0 Å². The minimum absolute atomic E-state index is 0.0629. The number of rotatable bonds is 1. The van der Waals surface area contributed by atoms with E-state index in [-0.39, 0.29) is 5.57 Å². The van der Waals surface area contributed by atoms with Crippen molar-refractivity contribution >= 4 is 28.0 Å². The number of allylic oxidation sites excluding steroid dienone is 1. The van der Waals surface area contributed by atoms with Crippen LogP contribution in [-0.4, -0.2) is 0 Å². The first kappa shape index (κ1) is 11.1. The highest BCUT2D eigenvalue weighted by Crippen LogP contribution is 2.31. The largest absolute Gasteiger partial charge is 0.455 e. The molecule has 0 spiro atoms. The predicted molar refractivity (Wildman–Crippen MR) is 72.9 cm³/mol. The van der Waals surface area contributed by atoms with E-state index in [0.29, 0.717) is 5.58 Å². The van der Waals surface area contributed by atoms with Gasteiger partial charge in [-0.2, -0.15) is 10.5 Å². The Morgan fingerprint density at radius 2 is 1.68 bits per heavy atom. The second-order valence-corrected chi connectivity index (χ2v) is 4.10. The monoisotopic (exact) mass is 244 g/mol. The molecular weight excluding hydrogens is 236 g/mol. The van der Waals surface area contributed by atoms with Crippen molar-refractivity contribution in [2.45, 2.75) is 0 Å². The fourth-order valence-electron chi connectivity index (χ4n) is 2.13.